The number of benzene rings is 4. The second-order valence-corrected chi connectivity index (χ2v) is 12.6. The normalized spacial score (nSPS) is 20.1. The van der Waals surface area contributed by atoms with Gasteiger partial charge in [-0.2, -0.15) is 0 Å². The van der Waals surface area contributed by atoms with Gasteiger partial charge in [0.25, 0.3) is 11.8 Å². The third-order valence-corrected chi connectivity index (χ3v) is 9.57. The van der Waals surface area contributed by atoms with Crippen LogP contribution in [-0.2, 0) is 20.7 Å². The molecule has 2 heterocycles. The molecule has 0 saturated carbocycles. The maximum atomic E-state index is 13.0. The monoisotopic (exact) mass is 659 g/mol. The van der Waals surface area contributed by atoms with Gasteiger partial charge in [0.1, 0.15) is 24.1 Å². The molecule has 49 heavy (non-hydrogen) atoms. The topological polar surface area (TPSA) is 134 Å². The summed E-state index contributed by atoms with van der Waals surface area (Å²) in [5.74, 6) is -0.552. The number of ether oxygens (including phenoxy) is 2. The van der Waals surface area contributed by atoms with Gasteiger partial charge in [-0.3, -0.25) is 29.4 Å². The number of amides is 4. The number of hydrogen-bond acceptors (Lipinski definition) is 8. The number of phenols is 1. The Kier molecular flexibility index (Phi) is 9.13. The molecule has 4 amide bonds. The van der Waals surface area contributed by atoms with E-state index < -0.39 is 29.7 Å². The molecule has 10 nitrogen and oxygen atoms in total. The number of carbonyl (C=O) groups is 4. The van der Waals surface area contributed by atoms with Crippen LogP contribution >= 0.6 is 0 Å². The number of fused-ring (bicyclic) bond motifs is 2. The zero-order valence-corrected chi connectivity index (χ0v) is 26.9. The van der Waals surface area contributed by atoms with Gasteiger partial charge in [0.2, 0.25) is 11.8 Å². The quantitative estimate of drug-likeness (QED) is 0.149. The number of rotatable bonds is 11. The zero-order valence-electron chi connectivity index (χ0n) is 26.9. The van der Waals surface area contributed by atoms with Crippen molar-refractivity contribution in [1.29, 1.82) is 0 Å². The van der Waals surface area contributed by atoms with Gasteiger partial charge < -0.3 is 19.9 Å². The molecule has 1 unspecified atom stereocenters. The summed E-state index contributed by atoms with van der Waals surface area (Å²) >= 11 is 0. The van der Waals surface area contributed by atoms with Crippen molar-refractivity contribution in [2.24, 2.45) is 0 Å². The van der Waals surface area contributed by atoms with Crippen molar-refractivity contribution in [1.82, 2.24) is 10.2 Å². The second kappa shape index (κ2) is 13.9. The van der Waals surface area contributed by atoms with Crippen LogP contribution in [0.15, 0.2) is 91.0 Å². The Bertz CT molecular complexity index is 1890. The number of anilines is 1. The molecule has 0 aromatic heterocycles. The maximum Gasteiger partial charge on any atom is 0.262 e. The van der Waals surface area contributed by atoms with Crippen molar-refractivity contribution in [2.45, 2.75) is 43.6 Å². The molecule has 3 N–H and O–H groups in total. The van der Waals surface area contributed by atoms with Crippen LogP contribution in [0.1, 0.15) is 74.1 Å². The van der Waals surface area contributed by atoms with Gasteiger partial charge in [0.05, 0.1) is 24.3 Å². The van der Waals surface area contributed by atoms with Crippen LogP contribution in [-0.4, -0.2) is 66.0 Å². The van der Waals surface area contributed by atoms with Crippen LogP contribution in [0.3, 0.4) is 0 Å². The van der Waals surface area contributed by atoms with E-state index in [4.69, 9.17) is 9.47 Å². The highest BCUT2D eigenvalue weighted by Crippen LogP contribution is 2.47. The van der Waals surface area contributed by atoms with E-state index in [0.717, 1.165) is 23.5 Å². The number of nitrogens with zero attached hydrogens (tertiary/aromatic N) is 1. The standard InChI is InChI=1S/C39H37N3O7/c43-28-10-15-31-26(22-28)8-13-30(24-4-2-1-3-5-24)36(31)25-6-11-29(12-7-25)49-21-20-48-19-18-40-27-9-14-32-33(23-27)39(47)42(38(32)46)34-16-17-35(44)41-37(34)45/h1-7,9-12,14-15,22-23,30,34,36,40,43H,8,13,16-21H2,(H,41,44,45)/t30-,34?,36+/m1/s1. The number of imide groups is 2. The van der Waals surface area contributed by atoms with Crippen LogP contribution in [0, 0.1) is 0 Å². The number of aromatic hydroxyl groups is 1. The third-order valence-electron chi connectivity index (χ3n) is 9.57. The van der Waals surface area contributed by atoms with Crippen LogP contribution in [0.2, 0.25) is 0 Å². The minimum absolute atomic E-state index is 0.0761. The summed E-state index contributed by atoms with van der Waals surface area (Å²) in [6, 6.07) is 28.5. The van der Waals surface area contributed by atoms with Crippen molar-refractivity contribution in [2.75, 3.05) is 31.7 Å². The highest BCUT2D eigenvalue weighted by atomic mass is 16.5. The highest BCUT2D eigenvalue weighted by Gasteiger charge is 2.44. The average molecular weight is 660 g/mol. The lowest BCUT2D eigenvalue weighted by Crippen LogP contribution is -2.54. The minimum Gasteiger partial charge on any atom is -0.508 e. The molecule has 4 aromatic rings. The van der Waals surface area contributed by atoms with Gasteiger partial charge in [-0.1, -0.05) is 48.5 Å². The Hall–Kier alpha value is -5.48. The van der Waals surface area contributed by atoms with Crippen LogP contribution in [0.25, 0.3) is 0 Å². The van der Waals surface area contributed by atoms with E-state index in [-0.39, 0.29) is 29.9 Å². The molecule has 3 atom stereocenters. The molecule has 1 saturated heterocycles. The molecule has 7 rings (SSSR count). The fraction of sp³-hybridized carbons (Fsp3) is 0.282. The Morgan fingerprint density at radius 1 is 0.776 bits per heavy atom. The molecule has 1 fully saturated rings. The molecular formula is C39H37N3O7. The number of phenolic OH excluding ortho intramolecular Hbond substituents is 1. The van der Waals surface area contributed by atoms with Gasteiger partial charge in [-0.05, 0) is 89.9 Å². The first-order chi connectivity index (χ1) is 23.9. The zero-order chi connectivity index (χ0) is 33.9. The number of carbonyl (C=O) groups excluding carboxylic acids is 4. The van der Waals surface area contributed by atoms with Crippen molar-refractivity contribution >= 4 is 29.3 Å². The lowest BCUT2D eigenvalue weighted by atomic mass is 9.69. The van der Waals surface area contributed by atoms with Gasteiger partial charge in [0.15, 0.2) is 0 Å². The fourth-order valence-electron chi connectivity index (χ4n) is 7.22. The molecule has 0 radical (unpaired) electrons. The predicted molar refractivity (Wildman–Crippen MR) is 182 cm³/mol. The Morgan fingerprint density at radius 3 is 2.37 bits per heavy atom. The molecule has 1 aliphatic carbocycles. The van der Waals surface area contributed by atoms with Gasteiger partial charge in [-0.25, -0.2) is 0 Å². The lowest BCUT2D eigenvalue weighted by molar-refractivity contribution is -0.136. The summed E-state index contributed by atoms with van der Waals surface area (Å²) in [6.45, 7) is 1.63. The van der Waals surface area contributed by atoms with Crippen LogP contribution in [0.4, 0.5) is 5.69 Å². The average Bonchev–Trinajstić information content (AvgIpc) is 3.36. The maximum absolute atomic E-state index is 13.0. The summed E-state index contributed by atoms with van der Waals surface area (Å²) < 4.78 is 11.7. The number of hydrogen-bond donors (Lipinski definition) is 3. The lowest BCUT2D eigenvalue weighted by Gasteiger charge is -2.34. The van der Waals surface area contributed by atoms with E-state index in [1.165, 1.54) is 22.3 Å². The van der Waals surface area contributed by atoms with E-state index >= 15 is 0 Å². The van der Waals surface area contributed by atoms with E-state index in [1.807, 2.05) is 24.3 Å². The Labute approximate surface area is 284 Å². The van der Waals surface area contributed by atoms with Gasteiger partial charge >= 0.3 is 0 Å². The largest absolute Gasteiger partial charge is 0.508 e. The van der Waals surface area contributed by atoms with Crippen molar-refractivity contribution in [3.63, 3.8) is 0 Å². The summed E-state index contributed by atoms with van der Waals surface area (Å²) in [5, 5.41) is 15.5. The molecule has 3 aliphatic rings. The number of nitrogens with one attached hydrogen (secondary N) is 2. The van der Waals surface area contributed by atoms with Gasteiger partial charge in [0, 0.05) is 24.6 Å². The molecule has 10 heteroatoms. The van der Waals surface area contributed by atoms with Crippen molar-refractivity contribution < 1.29 is 33.8 Å². The number of aryl methyl sites for hydroxylation is 1. The van der Waals surface area contributed by atoms with E-state index in [1.54, 1.807) is 24.3 Å². The Morgan fingerprint density at radius 2 is 1.57 bits per heavy atom. The third kappa shape index (κ3) is 6.64. The SMILES string of the molecule is O=C1CCC(N2C(=O)c3ccc(NCCOCCOc4ccc([C@@H]5c6ccc(O)cc6CC[C@@H]5c5ccccc5)cc4)cc3C2=O)C(=O)N1. The first-order valence-corrected chi connectivity index (χ1v) is 16.6. The molecule has 0 spiro atoms. The molecule has 0 bridgehead atoms. The van der Waals surface area contributed by atoms with Crippen molar-refractivity contribution in [3.8, 4) is 11.5 Å². The number of piperidine rings is 1. The molecule has 250 valence electrons. The highest BCUT2D eigenvalue weighted by molar-refractivity contribution is 6.23. The summed E-state index contributed by atoms with van der Waals surface area (Å²) in [7, 11) is 0. The Balaban J connectivity index is 0.889. The molecule has 4 aromatic carbocycles. The first kappa shape index (κ1) is 32.1. The second-order valence-electron chi connectivity index (χ2n) is 12.6. The predicted octanol–water partition coefficient (Wildman–Crippen LogP) is 5.16. The van der Waals surface area contributed by atoms with E-state index in [0.29, 0.717) is 43.7 Å². The molecule has 2 aliphatic heterocycles. The fourth-order valence-corrected chi connectivity index (χ4v) is 7.22. The minimum atomic E-state index is -0.993. The summed E-state index contributed by atoms with van der Waals surface area (Å²) in [5.41, 5.74) is 6.08. The van der Waals surface area contributed by atoms with E-state index in [2.05, 4.69) is 53.1 Å². The smallest absolute Gasteiger partial charge is 0.262 e. The first-order valence-electron chi connectivity index (χ1n) is 16.6. The van der Waals surface area contributed by atoms with Gasteiger partial charge in [-0.15, -0.1) is 0 Å². The van der Waals surface area contributed by atoms with Crippen molar-refractivity contribution in [3.05, 3.63) is 124 Å². The van der Waals surface area contributed by atoms with Crippen LogP contribution in [0.5, 0.6) is 11.5 Å². The van der Waals surface area contributed by atoms with Crippen LogP contribution < -0.4 is 15.4 Å². The summed E-state index contributed by atoms with van der Waals surface area (Å²) in [4.78, 5) is 50.7. The van der Waals surface area contributed by atoms with E-state index in [9.17, 15) is 24.3 Å². The molecular weight excluding hydrogens is 622 g/mol. The summed E-state index contributed by atoms with van der Waals surface area (Å²) in [6.07, 6.45) is 2.12.